The van der Waals surface area contributed by atoms with Crippen LogP contribution in [0.15, 0.2) is 53.4 Å². The van der Waals surface area contributed by atoms with Crippen LogP contribution in [0, 0.1) is 6.92 Å². The summed E-state index contributed by atoms with van der Waals surface area (Å²) in [6.07, 6.45) is 0. The van der Waals surface area contributed by atoms with Gasteiger partial charge in [0.15, 0.2) is 9.84 Å². The number of sulfone groups is 1. The Kier molecular flexibility index (Phi) is 3.90. The average Bonchev–Trinajstić information content (AvgIpc) is 2.39. The van der Waals surface area contributed by atoms with Crippen LogP contribution in [0.5, 0.6) is 0 Å². The molecule has 2 aromatic carbocycles. The summed E-state index contributed by atoms with van der Waals surface area (Å²) in [6, 6.07) is 12.6. The molecule has 0 aliphatic rings. The lowest BCUT2D eigenvalue weighted by Crippen LogP contribution is -2.09. The fourth-order valence-electron chi connectivity index (χ4n) is 1.89. The van der Waals surface area contributed by atoms with Crippen molar-refractivity contribution in [1.82, 2.24) is 0 Å². The van der Waals surface area contributed by atoms with Gasteiger partial charge in [0, 0.05) is 0 Å². The van der Waals surface area contributed by atoms with Crippen molar-refractivity contribution in [3.05, 3.63) is 65.2 Å². The van der Waals surface area contributed by atoms with Crippen LogP contribution in [0.1, 0.15) is 21.5 Å². The number of hydrogen-bond acceptors (Lipinski definition) is 3. The van der Waals surface area contributed by atoms with Crippen LogP contribution in [0.3, 0.4) is 0 Å². The summed E-state index contributed by atoms with van der Waals surface area (Å²) in [6.45, 7) is 1.87. The quantitative estimate of drug-likeness (QED) is 0.939. The highest BCUT2D eigenvalue weighted by Gasteiger charge is 2.19. The minimum absolute atomic E-state index is 0.0168. The van der Waals surface area contributed by atoms with Crippen LogP contribution < -0.4 is 0 Å². The molecule has 104 valence electrons. The molecule has 0 saturated carbocycles. The van der Waals surface area contributed by atoms with Gasteiger partial charge < -0.3 is 5.11 Å². The van der Waals surface area contributed by atoms with Gasteiger partial charge in [-0.15, -0.1) is 0 Å². The smallest absolute Gasteiger partial charge is 0.335 e. The second-order valence-electron chi connectivity index (χ2n) is 4.53. The molecule has 0 bridgehead atoms. The zero-order valence-electron chi connectivity index (χ0n) is 10.9. The van der Waals surface area contributed by atoms with Gasteiger partial charge >= 0.3 is 5.97 Å². The van der Waals surface area contributed by atoms with Crippen molar-refractivity contribution >= 4 is 15.8 Å². The van der Waals surface area contributed by atoms with Crippen LogP contribution in [-0.2, 0) is 15.6 Å². The van der Waals surface area contributed by atoms with Crippen molar-refractivity contribution in [1.29, 1.82) is 0 Å². The molecule has 2 rings (SSSR count). The molecular weight excluding hydrogens is 276 g/mol. The lowest BCUT2D eigenvalue weighted by Gasteiger charge is -2.07. The molecule has 0 heterocycles. The summed E-state index contributed by atoms with van der Waals surface area (Å²) in [4.78, 5) is 11.3. The standard InChI is InChI=1S/C15H14O4S/c1-11-6-8-13(9-7-11)20(18,19)10-12-4-2-3-5-14(12)15(16)17/h2-9H,10H2,1H3,(H,16,17). The van der Waals surface area contributed by atoms with Crippen LogP contribution in [0.4, 0.5) is 0 Å². The Bertz CT molecular complexity index is 731. The van der Waals surface area contributed by atoms with Gasteiger partial charge in [-0.05, 0) is 30.7 Å². The first-order valence-corrected chi connectivity index (χ1v) is 7.66. The predicted octanol–water partition coefficient (Wildman–Crippen LogP) is 2.67. The van der Waals surface area contributed by atoms with Gasteiger partial charge in [-0.2, -0.15) is 0 Å². The first-order valence-electron chi connectivity index (χ1n) is 6.01. The van der Waals surface area contributed by atoms with Crippen LogP contribution in [-0.4, -0.2) is 19.5 Å². The van der Waals surface area contributed by atoms with E-state index in [-0.39, 0.29) is 16.2 Å². The molecule has 0 fully saturated rings. The monoisotopic (exact) mass is 290 g/mol. The largest absolute Gasteiger partial charge is 0.478 e. The molecule has 0 aromatic heterocycles. The Morgan fingerprint density at radius 2 is 1.65 bits per heavy atom. The van der Waals surface area contributed by atoms with Gasteiger partial charge in [0.1, 0.15) is 0 Å². The predicted molar refractivity (Wildman–Crippen MR) is 75.5 cm³/mol. The van der Waals surface area contributed by atoms with Gasteiger partial charge in [-0.3, -0.25) is 0 Å². The summed E-state index contributed by atoms with van der Waals surface area (Å²) in [5, 5.41) is 9.07. The summed E-state index contributed by atoms with van der Waals surface area (Å²) in [5.41, 5.74) is 1.28. The number of rotatable bonds is 4. The van der Waals surface area contributed by atoms with E-state index in [0.29, 0.717) is 5.56 Å². The Labute approximate surface area is 117 Å². The molecule has 0 atom stereocenters. The zero-order chi connectivity index (χ0) is 14.8. The van der Waals surface area contributed by atoms with Crippen molar-refractivity contribution in [3.63, 3.8) is 0 Å². The van der Waals surface area contributed by atoms with E-state index < -0.39 is 15.8 Å². The average molecular weight is 290 g/mol. The maximum absolute atomic E-state index is 12.3. The van der Waals surface area contributed by atoms with Crippen molar-refractivity contribution in [2.75, 3.05) is 0 Å². The Balaban J connectivity index is 2.38. The fourth-order valence-corrected chi connectivity index (χ4v) is 3.27. The van der Waals surface area contributed by atoms with Gasteiger partial charge in [0.25, 0.3) is 0 Å². The second kappa shape index (κ2) is 5.46. The summed E-state index contributed by atoms with van der Waals surface area (Å²) in [5.74, 6) is -1.45. The number of carboxylic acids is 1. The van der Waals surface area contributed by atoms with E-state index in [9.17, 15) is 13.2 Å². The topological polar surface area (TPSA) is 71.4 Å². The Morgan fingerprint density at radius 1 is 1.05 bits per heavy atom. The number of benzene rings is 2. The molecular formula is C15H14O4S. The Morgan fingerprint density at radius 3 is 2.25 bits per heavy atom. The minimum Gasteiger partial charge on any atom is -0.478 e. The second-order valence-corrected chi connectivity index (χ2v) is 6.52. The lowest BCUT2D eigenvalue weighted by molar-refractivity contribution is 0.0696. The van der Waals surface area contributed by atoms with Gasteiger partial charge in [0.05, 0.1) is 16.2 Å². The first-order chi connectivity index (χ1) is 9.40. The van der Waals surface area contributed by atoms with E-state index in [1.165, 1.54) is 24.3 Å². The van der Waals surface area contributed by atoms with E-state index in [1.54, 1.807) is 24.3 Å². The molecule has 4 nitrogen and oxygen atoms in total. The fraction of sp³-hybridized carbons (Fsp3) is 0.133. The number of aromatic carboxylic acids is 1. The molecule has 0 aliphatic heterocycles. The van der Waals surface area contributed by atoms with Gasteiger partial charge in [-0.25, -0.2) is 13.2 Å². The molecule has 2 aromatic rings. The molecule has 0 aliphatic carbocycles. The third kappa shape index (κ3) is 3.05. The summed E-state index contributed by atoms with van der Waals surface area (Å²) < 4.78 is 24.6. The highest BCUT2D eigenvalue weighted by Crippen LogP contribution is 2.19. The molecule has 0 saturated heterocycles. The first kappa shape index (κ1) is 14.3. The molecule has 20 heavy (non-hydrogen) atoms. The SMILES string of the molecule is Cc1ccc(S(=O)(=O)Cc2ccccc2C(=O)O)cc1. The molecule has 0 unspecified atom stereocenters. The number of aryl methyl sites for hydroxylation is 1. The van der Waals surface area contributed by atoms with Crippen molar-refractivity contribution in [3.8, 4) is 0 Å². The Hall–Kier alpha value is -2.14. The van der Waals surface area contributed by atoms with E-state index in [2.05, 4.69) is 0 Å². The number of carbonyl (C=O) groups is 1. The van der Waals surface area contributed by atoms with Crippen molar-refractivity contribution in [2.24, 2.45) is 0 Å². The van der Waals surface area contributed by atoms with Crippen LogP contribution in [0.2, 0.25) is 0 Å². The molecule has 1 N–H and O–H groups in total. The minimum atomic E-state index is -3.55. The lowest BCUT2D eigenvalue weighted by atomic mass is 10.1. The van der Waals surface area contributed by atoms with Crippen molar-refractivity contribution < 1.29 is 18.3 Å². The maximum atomic E-state index is 12.3. The molecule has 5 heteroatoms. The molecule has 0 spiro atoms. The highest BCUT2D eigenvalue weighted by atomic mass is 32.2. The highest BCUT2D eigenvalue weighted by molar-refractivity contribution is 7.90. The van der Waals surface area contributed by atoms with E-state index >= 15 is 0 Å². The van der Waals surface area contributed by atoms with Crippen LogP contribution in [0.25, 0.3) is 0 Å². The normalized spacial score (nSPS) is 11.2. The third-order valence-corrected chi connectivity index (χ3v) is 4.65. The summed E-state index contributed by atoms with van der Waals surface area (Å²) in [7, 11) is -3.55. The molecule has 0 amide bonds. The van der Waals surface area contributed by atoms with Gasteiger partial charge in [-0.1, -0.05) is 35.9 Å². The molecule has 0 radical (unpaired) electrons. The van der Waals surface area contributed by atoms with Gasteiger partial charge in [0.2, 0.25) is 0 Å². The summed E-state index contributed by atoms with van der Waals surface area (Å²) >= 11 is 0. The van der Waals surface area contributed by atoms with E-state index in [1.807, 2.05) is 6.92 Å². The van der Waals surface area contributed by atoms with Crippen molar-refractivity contribution in [2.45, 2.75) is 17.6 Å². The van der Waals surface area contributed by atoms with E-state index in [4.69, 9.17) is 5.11 Å². The zero-order valence-corrected chi connectivity index (χ0v) is 11.7. The van der Waals surface area contributed by atoms with E-state index in [0.717, 1.165) is 5.56 Å². The number of hydrogen-bond donors (Lipinski definition) is 1. The maximum Gasteiger partial charge on any atom is 0.335 e. The number of carboxylic acid groups (broad SMARTS) is 1. The third-order valence-electron chi connectivity index (χ3n) is 2.97. The van der Waals surface area contributed by atoms with Crippen LogP contribution >= 0.6 is 0 Å².